The molecule has 4 heterocycles. The average molecular weight is 451 g/mol. The van der Waals surface area contributed by atoms with Crippen molar-refractivity contribution in [1.82, 2.24) is 29.9 Å². The molecule has 3 aliphatic heterocycles. The summed E-state index contributed by atoms with van der Waals surface area (Å²) in [6.07, 6.45) is 1.86. The van der Waals surface area contributed by atoms with Crippen LogP contribution in [0.1, 0.15) is 24.5 Å². The van der Waals surface area contributed by atoms with Gasteiger partial charge in [0.25, 0.3) is 6.47 Å². The fourth-order valence-electron chi connectivity index (χ4n) is 5.31. The second-order valence-electron chi connectivity index (χ2n) is 9.30. The van der Waals surface area contributed by atoms with Crippen molar-refractivity contribution >= 4 is 18.3 Å². The highest BCUT2D eigenvalue weighted by Gasteiger charge is 2.54. The summed E-state index contributed by atoms with van der Waals surface area (Å²) in [5.41, 5.74) is -0.0606. The molecule has 3 saturated heterocycles. The van der Waals surface area contributed by atoms with Crippen LogP contribution in [0.2, 0.25) is 0 Å². The first-order valence-electron chi connectivity index (χ1n) is 11.0. The van der Waals surface area contributed by atoms with Gasteiger partial charge in [0, 0.05) is 63.2 Å². The van der Waals surface area contributed by atoms with Crippen LogP contribution in [-0.2, 0) is 25.5 Å². The number of hydrogen-bond donors (Lipinski definition) is 2. The highest BCUT2D eigenvalue weighted by atomic mass is 16.5. The number of nitrogens with one attached hydrogen (secondary N) is 1. The topological polar surface area (TPSA) is 132 Å². The first-order chi connectivity index (χ1) is 15.3. The molecule has 0 radical (unpaired) electrons. The molecule has 11 nitrogen and oxygen atoms in total. The number of H-pyrrole nitrogens is 1. The van der Waals surface area contributed by atoms with E-state index in [0.717, 1.165) is 38.3 Å². The van der Waals surface area contributed by atoms with Gasteiger partial charge in [0.2, 0.25) is 11.8 Å². The van der Waals surface area contributed by atoms with E-state index in [4.69, 9.17) is 14.6 Å². The Morgan fingerprint density at radius 1 is 1.25 bits per heavy atom. The van der Waals surface area contributed by atoms with Gasteiger partial charge in [-0.3, -0.25) is 19.5 Å². The Bertz CT molecular complexity index is 808. The molecule has 0 saturated carbocycles. The number of hydrogen-bond acceptors (Lipinski definition) is 7. The highest BCUT2D eigenvalue weighted by Crippen LogP contribution is 2.43. The van der Waals surface area contributed by atoms with Crippen LogP contribution in [0.4, 0.5) is 0 Å². The van der Waals surface area contributed by atoms with Gasteiger partial charge in [-0.15, -0.1) is 0 Å². The van der Waals surface area contributed by atoms with Crippen molar-refractivity contribution in [2.24, 2.45) is 17.3 Å². The van der Waals surface area contributed by atoms with Crippen molar-refractivity contribution in [1.29, 1.82) is 0 Å². The number of likely N-dealkylation sites (tertiary alicyclic amines) is 2. The summed E-state index contributed by atoms with van der Waals surface area (Å²) < 4.78 is 5.42. The SMILES string of the molecule is Cc1nc(CC(=O)N2C[C@H]3CN(C(=O)C4CCOCC4)C[C@@]3(CN(C)C)C2)n[nH]1.O=CO. The first-order valence-corrected chi connectivity index (χ1v) is 11.0. The van der Waals surface area contributed by atoms with E-state index < -0.39 is 0 Å². The maximum atomic E-state index is 13.1. The Balaban J connectivity index is 0.000000913. The Morgan fingerprint density at radius 3 is 2.47 bits per heavy atom. The maximum Gasteiger partial charge on any atom is 0.290 e. The predicted octanol–water partition coefficient (Wildman–Crippen LogP) is -0.368. The lowest BCUT2D eigenvalue weighted by atomic mass is 9.80. The molecule has 2 amide bonds. The van der Waals surface area contributed by atoms with Crippen LogP contribution in [0.3, 0.4) is 0 Å². The molecule has 0 aliphatic carbocycles. The number of carbonyl (C=O) groups is 3. The Kier molecular flexibility index (Phi) is 7.83. The molecule has 3 aliphatic rings. The van der Waals surface area contributed by atoms with E-state index in [1.165, 1.54) is 0 Å². The number of nitrogens with zero attached hydrogens (tertiary/aromatic N) is 5. The standard InChI is InChI=1S/C20H32N6O3.CH2O2/c1-14-21-17(23-22-14)8-18(27)25-9-16-10-26(13-20(16,12-25)11-24(2)3)19(28)15-4-6-29-7-5-15;2-1-3/h15-16H,4-13H2,1-3H3,(H,21,22,23);1H,(H,2,3)/t16-,20+;/m0./s1. The van der Waals surface area contributed by atoms with Crippen LogP contribution in [0.25, 0.3) is 0 Å². The number of rotatable bonds is 5. The summed E-state index contributed by atoms with van der Waals surface area (Å²) in [6, 6.07) is 0. The summed E-state index contributed by atoms with van der Waals surface area (Å²) in [4.78, 5) is 44.8. The monoisotopic (exact) mass is 450 g/mol. The van der Waals surface area contributed by atoms with Crippen LogP contribution in [0.5, 0.6) is 0 Å². The summed E-state index contributed by atoms with van der Waals surface area (Å²) in [7, 11) is 4.13. The van der Waals surface area contributed by atoms with Crippen LogP contribution in [0.15, 0.2) is 0 Å². The number of ether oxygens (including phenoxy) is 1. The zero-order valence-electron chi connectivity index (χ0n) is 19.1. The normalized spacial score (nSPS) is 25.4. The van der Waals surface area contributed by atoms with Crippen LogP contribution < -0.4 is 0 Å². The second-order valence-corrected chi connectivity index (χ2v) is 9.30. The minimum absolute atomic E-state index is 0.0606. The molecule has 0 aromatic carbocycles. The van der Waals surface area contributed by atoms with E-state index in [-0.39, 0.29) is 36.0 Å². The Morgan fingerprint density at radius 2 is 1.88 bits per heavy atom. The molecular weight excluding hydrogens is 416 g/mol. The van der Waals surface area contributed by atoms with Crippen molar-refractivity contribution in [2.45, 2.75) is 26.2 Å². The van der Waals surface area contributed by atoms with E-state index in [0.29, 0.717) is 38.0 Å². The molecule has 0 unspecified atom stereocenters. The van der Waals surface area contributed by atoms with E-state index in [1.807, 2.05) is 11.8 Å². The van der Waals surface area contributed by atoms with E-state index in [2.05, 4.69) is 39.1 Å². The summed E-state index contributed by atoms with van der Waals surface area (Å²) in [5, 5.41) is 13.8. The van der Waals surface area contributed by atoms with Gasteiger partial charge in [-0.1, -0.05) is 0 Å². The third kappa shape index (κ3) is 5.44. The molecule has 2 atom stereocenters. The molecule has 1 aromatic rings. The smallest absolute Gasteiger partial charge is 0.290 e. The van der Waals surface area contributed by atoms with Crippen LogP contribution in [0, 0.1) is 24.2 Å². The molecule has 4 rings (SSSR count). The molecule has 0 bridgehead atoms. The van der Waals surface area contributed by atoms with Gasteiger partial charge in [-0.2, -0.15) is 5.10 Å². The minimum atomic E-state index is -0.250. The quantitative estimate of drug-likeness (QED) is 0.581. The third-order valence-corrected chi connectivity index (χ3v) is 6.58. The lowest BCUT2D eigenvalue weighted by molar-refractivity contribution is -0.138. The van der Waals surface area contributed by atoms with Gasteiger partial charge < -0.3 is 24.5 Å². The predicted molar refractivity (Wildman–Crippen MR) is 115 cm³/mol. The van der Waals surface area contributed by atoms with E-state index in [9.17, 15) is 9.59 Å². The maximum absolute atomic E-state index is 13.1. The largest absolute Gasteiger partial charge is 0.483 e. The molecule has 1 aromatic heterocycles. The number of aromatic amines is 1. The summed E-state index contributed by atoms with van der Waals surface area (Å²) in [6.45, 7) is 6.68. The molecular formula is C21H34N6O5. The zero-order valence-corrected chi connectivity index (χ0v) is 19.1. The fraction of sp³-hybridized carbons (Fsp3) is 0.762. The number of fused-ring (bicyclic) bond motifs is 1. The van der Waals surface area contributed by atoms with Crippen LogP contribution >= 0.6 is 0 Å². The van der Waals surface area contributed by atoms with Crippen molar-refractivity contribution in [2.75, 3.05) is 60.0 Å². The number of aromatic nitrogens is 3. The minimum Gasteiger partial charge on any atom is -0.483 e. The van der Waals surface area contributed by atoms with Gasteiger partial charge in [-0.05, 0) is 33.9 Å². The number of carboxylic acid groups (broad SMARTS) is 1. The van der Waals surface area contributed by atoms with Gasteiger partial charge in [0.1, 0.15) is 5.82 Å². The van der Waals surface area contributed by atoms with Crippen LogP contribution in [-0.4, -0.2) is 113 Å². The Hall–Kier alpha value is -2.53. The van der Waals surface area contributed by atoms with Crippen molar-refractivity contribution in [3.63, 3.8) is 0 Å². The average Bonchev–Trinajstić information content (AvgIpc) is 3.40. The van der Waals surface area contributed by atoms with E-state index >= 15 is 0 Å². The summed E-state index contributed by atoms with van der Waals surface area (Å²) >= 11 is 0. The lowest BCUT2D eigenvalue weighted by Gasteiger charge is -2.33. The molecule has 0 spiro atoms. The number of amides is 2. The molecule has 11 heteroatoms. The van der Waals surface area contributed by atoms with Crippen molar-refractivity contribution in [3.05, 3.63) is 11.6 Å². The second kappa shape index (κ2) is 10.4. The zero-order chi connectivity index (χ0) is 23.3. The van der Waals surface area contributed by atoms with Crippen molar-refractivity contribution in [3.8, 4) is 0 Å². The van der Waals surface area contributed by atoms with Gasteiger partial charge in [0.15, 0.2) is 5.82 Å². The molecule has 32 heavy (non-hydrogen) atoms. The molecule has 178 valence electrons. The van der Waals surface area contributed by atoms with Crippen molar-refractivity contribution < 1.29 is 24.2 Å². The third-order valence-electron chi connectivity index (χ3n) is 6.58. The summed E-state index contributed by atoms with van der Waals surface area (Å²) in [5.74, 6) is 2.01. The molecule has 3 fully saturated rings. The Labute approximate surface area is 188 Å². The number of aryl methyl sites for hydroxylation is 1. The first kappa shape index (κ1) is 24.1. The van der Waals surface area contributed by atoms with Gasteiger partial charge in [0.05, 0.1) is 6.42 Å². The lowest BCUT2D eigenvalue weighted by Crippen LogP contribution is -2.45. The highest BCUT2D eigenvalue weighted by molar-refractivity contribution is 5.80. The van der Waals surface area contributed by atoms with Gasteiger partial charge >= 0.3 is 0 Å². The van der Waals surface area contributed by atoms with Gasteiger partial charge in [-0.25, -0.2) is 4.98 Å². The molecule has 2 N–H and O–H groups in total. The number of carbonyl (C=O) groups excluding carboxylic acids is 2. The fourth-order valence-corrected chi connectivity index (χ4v) is 5.31. The van der Waals surface area contributed by atoms with E-state index in [1.54, 1.807) is 0 Å².